The number of hydrogen-bond acceptors (Lipinski definition) is 3. The second kappa shape index (κ2) is 4.86. The van der Waals surface area contributed by atoms with Crippen molar-refractivity contribution in [3.8, 4) is 0 Å². The van der Waals surface area contributed by atoms with Crippen molar-refractivity contribution in [2.75, 3.05) is 13.2 Å². The summed E-state index contributed by atoms with van der Waals surface area (Å²) in [6.07, 6.45) is 4.29. The van der Waals surface area contributed by atoms with Crippen LogP contribution in [0.25, 0.3) is 0 Å². The lowest BCUT2D eigenvalue weighted by molar-refractivity contribution is 0.0980. The summed E-state index contributed by atoms with van der Waals surface area (Å²) < 4.78 is 32.5. The molecule has 0 aromatic carbocycles. The van der Waals surface area contributed by atoms with Crippen molar-refractivity contribution in [1.29, 1.82) is 0 Å². The molecule has 2 fully saturated rings. The smallest absolute Gasteiger partial charge is 0.214 e. The maximum Gasteiger partial charge on any atom is 0.214 e. The molecule has 1 saturated carbocycles. The number of sulfonamides is 1. The number of rotatable bonds is 3. The number of hydrogen-bond donors (Lipinski definition) is 1. The van der Waals surface area contributed by atoms with Crippen molar-refractivity contribution >= 4 is 10.0 Å². The molecule has 1 heterocycles. The minimum atomic E-state index is -3.15. The van der Waals surface area contributed by atoms with Crippen LogP contribution in [0.5, 0.6) is 0 Å². The molecule has 17 heavy (non-hydrogen) atoms. The van der Waals surface area contributed by atoms with Crippen LogP contribution >= 0.6 is 0 Å². The molecule has 1 saturated heterocycles. The van der Waals surface area contributed by atoms with E-state index in [1.165, 1.54) is 0 Å². The topological polar surface area (TPSA) is 55.4 Å². The molecule has 0 radical (unpaired) electrons. The number of nitrogens with one attached hydrogen (secondary N) is 1. The first-order chi connectivity index (χ1) is 7.89. The zero-order valence-corrected chi connectivity index (χ0v) is 11.6. The van der Waals surface area contributed by atoms with E-state index >= 15 is 0 Å². The minimum Gasteiger partial charge on any atom is -0.381 e. The minimum absolute atomic E-state index is 0.137. The van der Waals surface area contributed by atoms with Gasteiger partial charge in [-0.2, -0.15) is 0 Å². The third-order valence-corrected chi connectivity index (χ3v) is 5.92. The van der Waals surface area contributed by atoms with Crippen LogP contribution in [0.2, 0.25) is 0 Å². The molecule has 1 atom stereocenters. The fourth-order valence-electron chi connectivity index (χ4n) is 2.85. The molecule has 1 aliphatic carbocycles. The third kappa shape index (κ3) is 3.42. The molecule has 100 valence electrons. The van der Waals surface area contributed by atoms with E-state index in [9.17, 15) is 8.42 Å². The van der Waals surface area contributed by atoms with Gasteiger partial charge in [0, 0.05) is 19.3 Å². The Morgan fingerprint density at radius 1 is 1.18 bits per heavy atom. The van der Waals surface area contributed by atoms with Gasteiger partial charge in [-0.25, -0.2) is 13.1 Å². The zero-order chi connectivity index (χ0) is 12.5. The highest BCUT2D eigenvalue weighted by atomic mass is 32.2. The Morgan fingerprint density at radius 3 is 2.35 bits per heavy atom. The predicted octanol–water partition coefficient (Wildman–Crippen LogP) is 1.66. The summed E-state index contributed by atoms with van der Waals surface area (Å²) in [5.41, 5.74) is 0.281. The van der Waals surface area contributed by atoms with Gasteiger partial charge in [-0.1, -0.05) is 13.8 Å². The van der Waals surface area contributed by atoms with Gasteiger partial charge in [0.1, 0.15) is 0 Å². The van der Waals surface area contributed by atoms with Crippen LogP contribution in [0, 0.1) is 5.41 Å². The van der Waals surface area contributed by atoms with Gasteiger partial charge in [0.2, 0.25) is 10.0 Å². The lowest BCUT2D eigenvalue weighted by Crippen LogP contribution is -2.42. The van der Waals surface area contributed by atoms with E-state index in [2.05, 4.69) is 18.6 Å². The van der Waals surface area contributed by atoms with Gasteiger partial charge < -0.3 is 4.74 Å². The van der Waals surface area contributed by atoms with Crippen molar-refractivity contribution in [1.82, 2.24) is 4.72 Å². The van der Waals surface area contributed by atoms with Crippen LogP contribution in [-0.2, 0) is 14.8 Å². The Hall–Kier alpha value is -0.130. The first-order valence-corrected chi connectivity index (χ1v) is 8.03. The maximum absolute atomic E-state index is 12.2. The van der Waals surface area contributed by atoms with Gasteiger partial charge in [-0.15, -0.1) is 0 Å². The van der Waals surface area contributed by atoms with Crippen molar-refractivity contribution in [2.45, 2.75) is 57.2 Å². The summed E-state index contributed by atoms with van der Waals surface area (Å²) in [4.78, 5) is 0. The van der Waals surface area contributed by atoms with E-state index in [0.717, 1.165) is 19.3 Å². The summed E-state index contributed by atoms with van der Waals surface area (Å²) in [7, 11) is -3.15. The first-order valence-electron chi connectivity index (χ1n) is 6.48. The van der Waals surface area contributed by atoms with Crippen molar-refractivity contribution in [3.63, 3.8) is 0 Å². The largest absolute Gasteiger partial charge is 0.381 e. The monoisotopic (exact) mass is 261 g/mol. The summed E-state index contributed by atoms with van der Waals surface area (Å²) in [5.74, 6) is 0. The summed E-state index contributed by atoms with van der Waals surface area (Å²) in [6, 6.07) is 0.137. The standard InChI is InChI=1S/C12H23NO3S/c1-12(2)6-3-10(9-12)13-17(14,15)11-4-7-16-8-5-11/h10-11,13H,3-9H2,1-2H3. The van der Waals surface area contributed by atoms with E-state index in [-0.39, 0.29) is 16.7 Å². The van der Waals surface area contributed by atoms with Crippen LogP contribution < -0.4 is 4.72 Å². The highest BCUT2D eigenvalue weighted by molar-refractivity contribution is 7.90. The molecule has 4 nitrogen and oxygen atoms in total. The Kier molecular flexibility index (Phi) is 3.80. The van der Waals surface area contributed by atoms with Crippen LogP contribution in [-0.4, -0.2) is 32.9 Å². The summed E-state index contributed by atoms with van der Waals surface area (Å²) in [6.45, 7) is 5.55. The normalized spacial score (nSPS) is 30.6. The van der Waals surface area contributed by atoms with Crippen LogP contribution in [0.3, 0.4) is 0 Å². The van der Waals surface area contributed by atoms with Gasteiger partial charge in [0.05, 0.1) is 5.25 Å². The fourth-order valence-corrected chi connectivity index (χ4v) is 4.52. The van der Waals surface area contributed by atoms with Crippen molar-refractivity contribution < 1.29 is 13.2 Å². The van der Waals surface area contributed by atoms with E-state index in [4.69, 9.17) is 4.74 Å². The van der Waals surface area contributed by atoms with Crippen LogP contribution in [0.15, 0.2) is 0 Å². The molecule has 0 aromatic rings. The molecule has 2 rings (SSSR count). The van der Waals surface area contributed by atoms with Crippen LogP contribution in [0.1, 0.15) is 46.0 Å². The molecular formula is C12H23NO3S. The lowest BCUT2D eigenvalue weighted by atomic mass is 9.92. The molecule has 5 heteroatoms. The first kappa shape index (κ1) is 13.3. The second-order valence-corrected chi connectivity index (χ2v) is 8.07. The van der Waals surface area contributed by atoms with Gasteiger partial charge in [0.15, 0.2) is 0 Å². The van der Waals surface area contributed by atoms with E-state index < -0.39 is 10.0 Å². The maximum atomic E-state index is 12.2. The molecule has 2 aliphatic rings. The quantitative estimate of drug-likeness (QED) is 0.840. The molecule has 0 aromatic heterocycles. The highest BCUT2D eigenvalue weighted by Crippen LogP contribution is 2.37. The van der Waals surface area contributed by atoms with Gasteiger partial charge in [-0.3, -0.25) is 0 Å². The highest BCUT2D eigenvalue weighted by Gasteiger charge is 2.35. The van der Waals surface area contributed by atoms with E-state index in [0.29, 0.717) is 26.1 Å². The van der Waals surface area contributed by atoms with Gasteiger partial charge in [0.25, 0.3) is 0 Å². The van der Waals surface area contributed by atoms with E-state index in [1.54, 1.807) is 0 Å². The molecule has 1 N–H and O–H groups in total. The average Bonchev–Trinajstić information content (AvgIpc) is 2.58. The van der Waals surface area contributed by atoms with Gasteiger partial charge >= 0.3 is 0 Å². The lowest BCUT2D eigenvalue weighted by Gasteiger charge is -2.25. The predicted molar refractivity (Wildman–Crippen MR) is 67.3 cm³/mol. The summed E-state index contributed by atoms with van der Waals surface area (Å²) in [5, 5.41) is -0.250. The molecule has 1 aliphatic heterocycles. The molecular weight excluding hydrogens is 238 g/mol. The van der Waals surface area contributed by atoms with Crippen LogP contribution in [0.4, 0.5) is 0 Å². The Bertz CT molecular complexity index is 358. The Labute approximate surface area is 104 Å². The van der Waals surface area contributed by atoms with E-state index in [1.807, 2.05) is 0 Å². The average molecular weight is 261 g/mol. The molecule has 1 unspecified atom stereocenters. The molecule has 0 amide bonds. The third-order valence-electron chi connectivity index (χ3n) is 3.91. The Morgan fingerprint density at radius 2 is 1.82 bits per heavy atom. The summed E-state index contributed by atoms with van der Waals surface area (Å²) >= 11 is 0. The zero-order valence-electron chi connectivity index (χ0n) is 10.7. The molecule has 0 bridgehead atoms. The van der Waals surface area contributed by atoms with Gasteiger partial charge in [-0.05, 0) is 37.5 Å². The number of ether oxygens (including phenoxy) is 1. The second-order valence-electron chi connectivity index (χ2n) is 6.08. The molecule has 0 spiro atoms. The van der Waals surface area contributed by atoms with Crippen molar-refractivity contribution in [3.05, 3.63) is 0 Å². The Balaban J connectivity index is 1.93. The fraction of sp³-hybridized carbons (Fsp3) is 1.00. The van der Waals surface area contributed by atoms with Crippen molar-refractivity contribution in [2.24, 2.45) is 5.41 Å². The SMILES string of the molecule is CC1(C)CCC(NS(=O)(=O)C2CCOCC2)C1.